The van der Waals surface area contributed by atoms with E-state index in [9.17, 15) is 19.0 Å². The van der Waals surface area contributed by atoms with Crippen LogP contribution in [0.4, 0.5) is 8.78 Å². The van der Waals surface area contributed by atoms with Gasteiger partial charge in [-0.2, -0.15) is 10.2 Å². The Hall–Kier alpha value is -3.68. The van der Waals surface area contributed by atoms with Crippen molar-refractivity contribution >= 4 is 0 Å². The lowest BCUT2D eigenvalue weighted by Crippen LogP contribution is -1.93. The van der Waals surface area contributed by atoms with Gasteiger partial charge in [0.25, 0.3) is 0 Å². The quantitative estimate of drug-likeness (QED) is 0.550. The van der Waals surface area contributed by atoms with Crippen molar-refractivity contribution in [1.29, 1.82) is 0 Å². The average Bonchev–Trinajstić information content (AvgIpc) is 3.28. The topological polar surface area (TPSA) is 76.1 Å². The van der Waals surface area contributed by atoms with Crippen LogP contribution in [-0.4, -0.2) is 29.8 Å². The summed E-state index contributed by atoms with van der Waals surface area (Å²) < 4.78 is 29.0. The van der Waals surface area contributed by atoms with Gasteiger partial charge in [-0.3, -0.25) is 9.36 Å². The summed E-state index contributed by atoms with van der Waals surface area (Å²) in [5, 5.41) is 27.0. The van der Waals surface area contributed by atoms with Crippen molar-refractivity contribution in [3.05, 3.63) is 72.6 Å². The first-order valence-corrected chi connectivity index (χ1v) is 8.30. The second kappa shape index (κ2) is 7.91. The first-order valence-electron chi connectivity index (χ1n) is 8.30. The zero-order valence-electron chi connectivity index (χ0n) is 15.2. The summed E-state index contributed by atoms with van der Waals surface area (Å²) in [6, 6.07) is 11.1. The third kappa shape index (κ3) is 4.17. The number of rotatable bonds is 2. The standard InChI is InChI=1S/2C10H9FN2O/c1-13-5-4-9(12-13)8-6-7(11)2-3-10(8)14;1-13-9(4-5-12-13)8-6-7(11)2-3-10(8)14/h2*2-6,14H,1H3. The molecule has 0 aliphatic heterocycles. The number of benzene rings is 2. The fraction of sp³-hybridized carbons (Fsp3) is 0.100. The van der Waals surface area contributed by atoms with E-state index in [0.29, 0.717) is 22.5 Å². The van der Waals surface area contributed by atoms with E-state index in [1.807, 2.05) is 0 Å². The third-order valence-corrected chi connectivity index (χ3v) is 4.00. The van der Waals surface area contributed by atoms with Gasteiger partial charge < -0.3 is 10.2 Å². The molecule has 2 aromatic heterocycles. The SMILES string of the molecule is Cn1ccc(-c2cc(F)ccc2O)n1.Cn1nccc1-c1cc(F)ccc1O. The normalized spacial score (nSPS) is 10.4. The van der Waals surface area contributed by atoms with Gasteiger partial charge in [-0.25, -0.2) is 8.78 Å². The van der Waals surface area contributed by atoms with Crippen molar-refractivity contribution in [3.8, 4) is 34.0 Å². The molecule has 0 amide bonds. The Kier molecular flexibility index (Phi) is 5.39. The number of phenols is 2. The van der Waals surface area contributed by atoms with Crippen molar-refractivity contribution in [2.45, 2.75) is 0 Å². The predicted octanol–water partition coefficient (Wildman–Crippen LogP) is 3.86. The molecule has 0 aliphatic rings. The molecule has 0 unspecified atom stereocenters. The summed E-state index contributed by atoms with van der Waals surface area (Å²) in [5.74, 6) is -0.678. The summed E-state index contributed by atoms with van der Waals surface area (Å²) in [6.07, 6.45) is 3.33. The molecular formula is C20H18F2N4O2. The molecule has 4 rings (SSSR count). The Morgan fingerprint density at radius 3 is 1.96 bits per heavy atom. The van der Waals surface area contributed by atoms with Gasteiger partial charge in [0.1, 0.15) is 23.1 Å². The Morgan fingerprint density at radius 2 is 1.43 bits per heavy atom. The highest BCUT2D eigenvalue weighted by Gasteiger charge is 2.09. The lowest BCUT2D eigenvalue weighted by atomic mass is 10.1. The molecule has 0 aliphatic carbocycles. The molecule has 2 N–H and O–H groups in total. The van der Waals surface area contributed by atoms with E-state index in [1.165, 1.54) is 36.4 Å². The zero-order chi connectivity index (χ0) is 20.3. The first kappa shape index (κ1) is 19.1. The Bertz CT molecular complexity index is 1110. The van der Waals surface area contributed by atoms with Crippen molar-refractivity contribution in [1.82, 2.24) is 19.6 Å². The number of phenolic OH excluding ortho intramolecular Hbond substituents is 2. The fourth-order valence-electron chi connectivity index (χ4n) is 2.62. The minimum Gasteiger partial charge on any atom is -0.507 e. The van der Waals surface area contributed by atoms with Crippen LogP contribution in [0.3, 0.4) is 0 Å². The minimum atomic E-state index is -0.386. The van der Waals surface area contributed by atoms with E-state index in [1.54, 1.807) is 48.0 Å². The Morgan fingerprint density at radius 1 is 0.821 bits per heavy atom. The number of aromatic hydroxyl groups is 2. The summed E-state index contributed by atoms with van der Waals surface area (Å²) in [4.78, 5) is 0. The van der Waals surface area contributed by atoms with Gasteiger partial charge in [-0.1, -0.05) is 0 Å². The van der Waals surface area contributed by atoms with E-state index in [2.05, 4.69) is 10.2 Å². The van der Waals surface area contributed by atoms with Gasteiger partial charge in [-0.15, -0.1) is 0 Å². The van der Waals surface area contributed by atoms with Gasteiger partial charge >= 0.3 is 0 Å². The number of hydrogen-bond acceptors (Lipinski definition) is 4. The maximum Gasteiger partial charge on any atom is 0.125 e. The molecule has 4 aromatic rings. The van der Waals surface area contributed by atoms with Crippen molar-refractivity contribution in [3.63, 3.8) is 0 Å². The molecule has 6 nitrogen and oxygen atoms in total. The second-order valence-electron chi connectivity index (χ2n) is 6.04. The van der Waals surface area contributed by atoms with E-state index in [4.69, 9.17) is 0 Å². The summed E-state index contributed by atoms with van der Waals surface area (Å²) >= 11 is 0. The smallest absolute Gasteiger partial charge is 0.125 e. The van der Waals surface area contributed by atoms with Crippen LogP contribution < -0.4 is 0 Å². The van der Waals surface area contributed by atoms with Crippen LogP contribution in [0.2, 0.25) is 0 Å². The van der Waals surface area contributed by atoms with E-state index < -0.39 is 0 Å². The largest absolute Gasteiger partial charge is 0.507 e. The molecule has 0 radical (unpaired) electrons. The van der Waals surface area contributed by atoms with Gasteiger partial charge in [0.2, 0.25) is 0 Å². The lowest BCUT2D eigenvalue weighted by molar-refractivity contribution is 0.474. The van der Waals surface area contributed by atoms with Crippen molar-refractivity contribution in [2.24, 2.45) is 14.1 Å². The van der Waals surface area contributed by atoms with Crippen molar-refractivity contribution < 1.29 is 19.0 Å². The summed E-state index contributed by atoms with van der Waals surface area (Å²) in [5.41, 5.74) is 2.10. The second-order valence-corrected chi connectivity index (χ2v) is 6.04. The number of hydrogen-bond donors (Lipinski definition) is 2. The Balaban J connectivity index is 0.000000161. The molecule has 144 valence electrons. The maximum absolute atomic E-state index is 12.9. The molecule has 0 bridgehead atoms. The molecule has 0 spiro atoms. The monoisotopic (exact) mass is 384 g/mol. The lowest BCUT2D eigenvalue weighted by Gasteiger charge is -2.04. The first-order chi connectivity index (χ1) is 13.3. The predicted molar refractivity (Wildman–Crippen MR) is 101 cm³/mol. The average molecular weight is 384 g/mol. The van der Waals surface area contributed by atoms with Crippen LogP contribution in [0.25, 0.3) is 22.5 Å². The molecule has 28 heavy (non-hydrogen) atoms. The van der Waals surface area contributed by atoms with Crippen LogP contribution in [0.5, 0.6) is 11.5 Å². The Labute approximate surface area is 159 Å². The van der Waals surface area contributed by atoms with Crippen LogP contribution >= 0.6 is 0 Å². The van der Waals surface area contributed by atoms with Gasteiger partial charge in [0, 0.05) is 37.6 Å². The zero-order valence-corrected chi connectivity index (χ0v) is 15.2. The molecule has 2 heterocycles. The van der Waals surface area contributed by atoms with Crippen LogP contribution in [0, 0.1) is 11.6 Å². The maximum atomic E-state index is 12.9. The van der Waals surface area contributed by atoms with Gasteiger partial charge in [0.15, 0.2) is 0 Å². The molecule has 0 saturated heterocycles. The number of halogens is 2. The number of nitrogens with zero attached hydrogens (tertiary/aromatic N) is 4. The van der Waals surface area contributed by atoms with Crippen LogP contribution in [0.15, 0.2) is 60.9 Å². The summed E-state index contributed by atoms with van der Waals surface area (Å²) in [7, 11) is 3.50. The number of aromatic nitrogens is 4. The fourth-order valence-corrected chi connectivity index (χ4v) is 2.62. The highest BCUT2D eigenvalue weighted by molar-refractivity contribution is 5.67. The van der Waals surface area contributed by atoms with Crippen LogP contribution in [-0.2, 0) is 14.1 Å². The molecule has 0 fully saturated rings. The molecule has 8 heteroatoms. The molecule has 2 aromatic carbocycles. The highest BCUT2D eigenvalue weighted by Crippen LogP contribution is 2.29. The van der Waals surface area contributed by atoms with Crippen molar-refractivity contribution in [2.75, 3.05) is 0 Å². The van der Waals surface area contributed by atoms with Crippen LogP contribution in [0.1, 0.15) is 0 Å². The summed E-state index contributed by atoms with van der Waals surface area (Å²) in [6.45, 7) is 0. The van der Waals surface area contributed by atoms with Gasteiger partial charge in [-0.05, 0) is 48.5 Å². The highest BCUT2D eigenvalue weighted by atomic mass is 19.1. The van der Waals surface area contributed by atoms with E-state index in [-0.39, 0.29) is 23.1 Å². The molecular weight excluding hydrogens is 366 g/mol. The number of aryl methyl sites for hydroxylation is 2. The van der Waals surface area contributed by atoms with Gasteiger partial charge in [0.05, 0.1) is 11.4 Å². The third-order valence-electron chi connectivity index (χ3n) is 4.00. The molecule has 0 atom stereocenters. The van der Waals surface area contributed by atoms with E-state index >= 15 is 0 Å². The molecule has 0 saturated carbocycles. The minimum absolute atomic E-state index is 0.0325. The van der Waals surface area contributed by atoms with E-state index in [0.717, 1.165) is 0 Å².